The van der Waals surface area contributed by atoms with Gasteiger partial charge in [0.15, 0.2) is 0 Å². The topological polar surface area (TPSA) is 91.4 Å². The lowest BCUT2D eigenvalue weighted by Crippen LogP contribution is -2.27. The molecule has 1 amide bonds. The third-order valence-electron chi connectivity index (χ3n) is 2.20. The van der Waals surface area contributed by atoms with Gasteiger partial charge in [0.05, 0.1) is 6.26 Å². The lowest BCUT2D eigenvalue weighted by molar-refractivity contribution is 0.0822. The molecule has 8 heteroatoms. The number of hydrogen-bond acceptors (Lipinski definition) is 5. The maximum Gasteiger partial charge on any atom is 0.272 e. The summed E-state index contributed by atoms with van der Waals surface area (Å²) in [6, 6.07) is 3.34. The molecule has 0 saturated carbocycles. The average Bonchev–Trinajstić information content (AvgIpc) is 2.33. The minimum atomic E-state index is -3.17. The number of nitrogens with zero attached hydrogens (tertiary/aromatic N) is 2. The monoisotopic (exact) mass is 286 g/mol. The number of rotatable bonds is 6. The summed E-state index contributed by atoms with van der Waals surface area (Å²) in [5.74, 6) is -0.182. The molecule has 1 heterocycles. The molecule has 0 bridgehead atoms. The van der Waals surface area contributed by atoms with Crippen LogP contribution >= 0.6 is 0 Å². The third-order valence-corrected chi connectivity index (χ3v) is 2.93. The molecule has 0 atom stereocenters. The molecule has 0 aliphatic heterocycles. The fraction of sp³-hybridized carbons (Fsp3) is 0.455. The summed E-state index contributed by atoms with van der Waals surface area (Å²) in [4.78, 5) is 17.1. The molecule has 19 heavy (non-hydrogen) atoms. The molecule has 2 N–H and O–H groups in total. The molecule has 0 saturated heterocycles. The van der Waals surface area contributed by atoms with Gasteiger partial charge in [0, 0.05) is 39.1 Å². The SMILES string of the molecule is CN(C)C(=O)c1cc(NCCNS(C)(=O)=O)ccn1. The first-order valence-corrected chi connectivity index (χ1v) is 7.55. The number of hydrogen-bond donors (Lipinski definition) is 2. The summed E-state index contributed by atoms with van der Waals surface area (Å²) in [7, 11) is 0.131. The highest BCUT2D eigenvalue weighted by atomic mass is 32.2. The van der Waals surface area contributed by atoms with Crippen LogP contribution in [0, 0.1) is 0 Å². The standard InChI is InChI=1S/C11H18N4O3S/c1-15(2)11(16)10-8-9(4-5-13-10)12-6-7-14-19(3,17)18/h4-5,8,14H,6-7H2,1-3H3,(H,12,13). The summed E-state index contributed by atoms with van der Waals surface area (Å²) in [6.07, 6.45) is 2.64. The molecule has 0 spiro atoms. The van der Waals surface area contributed by atoms with Gasteiger partial charge in [0.2, 0.25) is 10.0 Å². The molecule has 0 radical (unpaired) electrons. The Hall–Kier alpha value is -1.67. The molecular formula is C11H18N4O3S. The number of sulfonamides is 1. The molecule has 0 aliphatic rings. The van der Waals surface area contributed by atoms with Crippen molar-refractivity contribution in [2.24, 2.45) is 0 Å². The zero-order valence-corrected chi connectivity index (χ0v) is 12.0. The van der Waals surface area contributed by atoms with Gasteiger partial charge in [-0.2, -0.15) is 0 Å². The number of amides is 1. The van der Waals surface area contributed by atoms with Gasteiger partial charge in [-0.15, -0.1) is 0 Å². The van der Waals surface area contributed by atoms with Crippen LogP contribution in [0.2, 0.25) is 0 Å². The van der Waals surface area contributed by atoms with E-state index >= 15 is 0 Å². The van der Waals surface area contributed by atoms with E-state index in [4.69, 9.17) is 0 Å². The average molecular weight is 286 g/mol. The molecule has 1 aromatic heterocycles. The van der Waals surface area contributed by atoms with Gasteiger partial charge in [-0.1, -0.05) is 0 Å². The van der Waals surface area contributed by atoms with Gasteiger partial charge in [0.25, 0.3) is 5.91 Å². The van der Waals surface area contributed by atoms with Crippen molar-refractivity contribution in [3.63, 3.8) is 0 Å². The number of nitrogens with one attached hydrogen (secondary N) is 2. The second-order valence-electron chi connectivity index (χ2n) is 4.22. The first-order chi connectivity index (χ1) is 8.79. The molecule has 0 aliphatic carbocycles. The predicted octanol–water partition coefficient (Wildman–Crippen LogP) is -0.255. The van der Waals surface area contributed by atoms with Gasteiger partial charge in [-0.25, -0.2) is 13.1 Å². The van der Waals surface area contributed by atoms with E-state index in [0.717, 1.165) is 11.9 Å². The van der Waals surface area contributed by atoms with E-state index < -0.39 is 10.0 Å². The second kappa shape index (κ2) is 6.48. The van der Waals surface area contributed by atoms with E-state index in [9.17, 15) is 13.2 Å². The van der Waals surface area contributed by atoms with Crippen LogP contribution < -0.4 is 10.0 Å². The van der Waals surface area contributed by atoms with Crippen LogP contribution in [0.25, 0.3) is 0 Å². The minimum absolute atomic E-state index is 0.182. The van der Waals surface area contributed by atoms with Gasteiger partial charge >= 0.3 is 0 Å². The van der Waals surface area contributed by atoms with Crippen molar-refractivity contribution in [3.05, 3.63) is 24.0 Å². The normalized spacial score (nSPS) is 11.1. The minimum Gasteiger partial charge on any atom is -0.384 e. The van der Waals surface area contributed by atoms with E-state index in [1.807, 2.05) is 0 Å². The molecule has 106 valence electrons. The van der Waals surface area contributed by atoms with E-state index in [-0.39, 0.29) is 12.5 Å². The van der Waals surface area contributed by atoms with Crippen molar-refractivity contribution in [2.45, 2.75) is 0 Å². The van der Waals surface area contributed by atoms with E-state index in [1.165, 1.54) is 11.1 Å². The Balaban J connectivity index is 2.56. The molecule has 0 unspecified atom stereocenters. The maximum atomic E-state index is 11.7. The predicted molar refractivity (Wildman–Crippen MR) is 73.6 cm³/mol. The van der Waals surface area contributed by atoms with E-state index in [0.29, 0.717) is 12.2 Å². The van der Waals surface area contributed by atoms with E-state index in [2.05, 4.69) is 15.0 Å². The lowest BCUT2D eigenvalue weighted by atomic mass is 10.3. The van der Waals surface area contributed by atoms with Gasteiger partial charge in [-0.3, -0.25) is 9.78 Å². The van der Waals surface area contributed by atoms with Gasteiger partial charge in [-0.05, 0) is 12.1 Å². The quantitative estimate of drug-likeness (QED) is 0.703. The van der Waals surface area contributed by atoms with Crippen molar-refractivity contribution >= 4 is 21.6 Å². The zero-order chi connectivity index (χ0) is 14.5. The zero-order valence-electron chi connectivity index (χ0n) is 11.2. The largest absolute Gasteiger partial charge is 0.384 e. The second-order valence-corrected chi connectivity index (χ2v) is 6.06. The highest BCUT2D eigenvalue weighted by Gasteiger charge is 2.09. The fourth-order valence-electron chi connectivity index (χ4n) is 1.33. The first kappa shape index (κ1) is 15.4. The van der Waals surface area contributed by atoms with Crippen molar-refractivity contribution in [1.82, 2.24) is 14.6 Å². The Morgan fingerprint density at radius 3 is 2.63 bits per heavy atom. The fourth-order valence-corrected chi connectivity index (χ4v) is 1.80. The number of pyridine rings is 1. The maximum absolute atomic E-state index is 11.7. The molecule has 1 aromatic rings. The Morgan fingerprint density at radius 2 is 2.05 bits per heavy atom. The Morgan fingerprint density at radius 1 is 1.37 bits per heavy atom. The first-order valence-electron chi connectivity index (χ1n) is 5.66. The Bertz CT molecular complexity index is 543. The molecular weight excluding hydrogens is 268 g/mol. The molecule has 0 fully saturated rings. The molecule has 1 rings (SSSR count). The number of anilines is 1. The number of aromatic nitrogens is 1. The van der Waals surface area contributed by atoms with Crippen molar-refractivity contribution in [2.75, 3.05) is 38.8 Å². The van der Waals surface area contributed by atoms with Crippen molar-refractivity contribution in [1.29, 1.82) is 0 Å². The van der Waals surface area contributed by atoms with Gasteiger partial charge < -0.3 is 10.2 Å². The summed E-state index contributed by atoms with van der Waals surface area (Å²) < 4.78 is 24.1. The van der Waals surface area contributed by atoms with E-state index in [1.54, 1.807) is 26.2 Å². The summed E-state index contributed by atoms with van der Waals surface area (Å²) in [6.45, 7) is 0.699. The molecule has 0 aromatic carbocycles. The summed E-state index contributed by atoms with van der Waals surface area (Å²) >= 11 is 0. The smallest absolute Gasteiger partial charge is 0.272 e. The van der Waals surface area contributed by atoms with Gasteiger partial charge in [0.1, 0.15) is 5.69 Å². The van der Waals surface area contributed by atoms with Crippen LogP contribution in [0.4, 0.5) is 5.69 Å². The number of carbonyl (C=O) groups is 1. The lowest BCUT2D eigenvalue weighted by Gasteiger charge is -2.11. The highest BCUT2D eigenvalue weighted by Crippen LogP contribution is 2.08. The van der Waals surface area contributed by atoms with Crippen LogP contribution in [-0.2, 0) is 10.0 Å². The Labute approximate surface area is 113 Å². The Kier molecular flexibility index (Phi) is 5.25. The van der Waals surface area contributed by atoms with Crippen LogP contribution in [-0.4, -0.2) is 57.6 Å². The third kappa shape index (κ3) is 5.66. The van der Waals surface area contributed by atoms with Crippen LogP contribution in [0.15, 0.2) is 18.3 Å². The summed E-state index contributed by atoms with van der Waals surface area (Å²) in [5, 5.41) is 3.01. The van der Waals surface area contributed by atoms with Crippen molar-refractivity contribution in [3.8, 4) is 0 Å². The molecule has 7 nitrogen and oxygen atoms in total. The van der Waals surface area contributed by atoms with Crippen LogP contribution in [0.5, 0.6) is 0 Å². The van der Waals surface area contributed by atoms with Crippen molar-refractivity contribution < 1.29 is 13.2 Å². The highest BCUT2D eigenvalue weighted by molar-refractivity contribution is 7.88. The number of carbonyl (C=O) groups excluding carboxylic acids is 1. The van der Waals surface area contributed by atoms with Crippen LogP contribution in [0.1, 0.15) is 10.5 Å². The summed E-state index contributed by atoms with van der Waals surface area (Å²) in [5.41, 5.74) is 1.06. The van der Waals surface area contributed by atoms with Crippen LogP contribution in [0.3, 0.4) is 0 Å².